The summed E-state index contributed by atoms with van der Waals surface area (Å²) in [6.07, 6.45) is 0.750. The zero-order valence-electron chi connectivity index (χ0n) is 17.1. The number of carbonyl (C=O) groups is 1. The lowest BCUT2D eigenvalue weighted by atomic mass is 9.91. The van der Waals surface area contributed by atoms with Gasteiger partial charge >= 0.3 is 0 Å². The third-order valence-electron chi connectivity index (χ3n) is 4.72. The molecule has 0 spiro atoms. The predicted octanol–water partition coefficient (Wildman–Crippen LogP) is 2.40. The number of hydrogen-bond acceptors (Lipinski definition) is 7. The van der Waals surface area contributed by atoms with E-state index in [0.29, 0.717) is 41.5 Å². The van der Waals surface area contributed by atoms with Crippen LogP contribution in [0, 0.1) is 0 Å². The standard InChI is InChI=1S/C21H24N6O4/c1-23-26-20(29)21(13-16-5-2-3-6-18(16)25-27-22)14-31-19(24-21)15-7-9-17(10-8-15)30-12-4-11-28/h2-3,5-10,23,28H,4,11-14H2,1H3,(H,26,29)/t21-/m0/s1. The van der Waals surface area contributed by atoms with Crippen LogP contribution < -0.4 is 15.6 Å². The van der Waals surface area contributed by atoms with Gasteiger partial charge in [-0.1, -0.05) is 29.4 Å². The van der Waals surface area contributed by atoms with Crippen molar-refractivity contribution >= 4 is 17.5 Å². The normalized spacial score (nSPS) is 17.3. The summed E-state index contributed by atoms with van der Waals surface area (Å²) in [5.74, 6) is 0.650. The number of nitrogens with one attached hydrogen (secondary N) is 2. The highest BCUT2D eigenvalue weighted by Gasteiger charge is 2.44. The monoisotopic (exact) mass is 424 g/mol. The summed E-state index contributed by atoms with van der Waals surface area (Å²) in [6, 6.07) is 14.2. The number of aliphatic imine (C=N–C) groups is 1. The number of aliphatic hydroxyl groups is 1. The van der Waals surface area contributed by atoms with E-state index in [1.54, 1.807) is 49.5 Å². The van der Waals surface area contributed by atoms with Crippen LogP contribution in [0.25, 0.3) is 10.4 Å². The second-order valence-corrected chi connectivity index (χ2v) is 6.89. The van der Waals surface area contributed by atoms with Gasteiger partial charge in [-0.3, -0.25) is 10.2 Å². The van der Waals surface area contributed by atoms with Gasteiger partial charge in [-0.15, -0.1) is 0 Å². The molecule has 3 N–H and O–H groups in total. The second kappa shape index (κ2) is 10.4. The molecule has 0 fully saturated rings. The second-order valence-electron chi connectivity index (χ2n) is 6.89. The van der Waals surface area contributed by atoms with Gasteiger partial charge in [-0.05, 0) is 35.4 Å². The molecule has 10 nitrogen and oxygen atoms in total. The Labute approximate surface area is 179 Å². The number of azide groups is 1. The molecule has 2 aromatic carbocycles. The van der Waals surface area contributed by atoms with Crippen molar-refractivity contribution in [2.75, 3.05) is 26.9 Å². The molecule has 31 heavy (non-hydrogen) atoms. The Hall–Kier alpha value is -3.59. The number of benzene rings is 2. The van der Waals surface area contributed by atoms with Crippen LogP contribution in [0.1, 0.15) is 17.5 Å². The summed E-state index contributed by atoms with van der Waals surface area (Å²) in [6.45, 7) is 0.530. The summed E-state index contributed by atoms with van der Waals surface area (Å²) < 4.78 is 11.4. The van der Waals surface area contributed by atoms with Crippen LogP contribution in [0.3, 0.4) is 0 Å². The molecular formula is C21H24N6O4. The van der Waals surface area contributed by atoms with Crippen LogP contribution in [0.15, 0.2) is 58.6 Å². The molecule has 3 rings (SSSR count). The molecule has 1 aliphatic heterocycles. The fraction of sp³-hybridized carbons (Fsp3) is 0.333. The first-order valence-corrected chi connectivity index (χ1v) is 9.79. The summed E-state index contributed by atoms with van der Waals surface area (Å²) in [5, 5.41) is 12.6. The number of rotatable bonds is 10. The topological polar surface area (TPSA) is 141 Å². The van der Waals surface area contributed by atoms with Crippen molar-refractivity contribution in [1.29, 1.82) is 0 Å². The van der Waals surface area contributed by atoms with Crippen LogP contribution in [-0.2, 0) is 16.0 Å². The molecule has 0 radical (unpaired) electrons. The smallest absolute Gasteiger partial charge is 0.266 e. The minimum absolute atomic E-state index is 0.0369. The highest BCUT2D eigenvalue weighted by molar-refractivity contribution is 6.00. The Bertz CT molecular complexity index is 988. The van der Waals surface area contributed by atoms with Crippen molar-refractivity contribution in [2.45, 2.75) is 18.4 Å². The molecule has 2 aromatic rings. The van der Waals surface area contributed by atoms with Crippen molar-refractivity contribution in [3.8, 4) is 5.75 Å². The van der Waals surface area contributed by atoms with E-state index in [1.807, 2.05) is 6.07 Å². The Morgan fingerprint density at radius 1 is 1.32 bits per heavy atom. The molecule has 0 aromatic heterocycles. The van der Waals surface area contributed by atoms with Crippen LogP contribution in [0.2, 0.25) is 0 Å². The van der Waals surface area contributed by atoms with Gasteiger partial charge in [0.1, 0.15) is 12.4 Å². The molecule has 0 saturated heterocycles. The van der Waals surface area contributed by atoms with Gasteiger partial charge in [0.15, 0.2) is 5.54 Å². The van der Waals surface area contributed by atoms with Gasteiger partial charge in [-0.2, -0.15) is 0 Å². The Morgan fingerprint density at radius 3 is 2.81 bits per heavy atom. The lowest BCUT2D eigenvalue weighted by molar-refractivity contribution is -0.127. The minimum atomic E-state index is -1.23. The number of ether oxygens (including phenoxy) is 2. The third-order valence-corrected chi connectivity index (χ3v) is 4.72. The zero-order chi connectivity index (χ0) is 22.1. The number of carbonyl (C=O) groups excluding carboxylic acids is 1. The lowest BCUT2D eigenvalue weighted by Crippen LogP contribution is -2.52. The maximum absolute atomic E-state index is 12.9. The van der Waals surface area contributed by atoms with Crippen molar-refractivity contribution in [1.82, 2.24) is 10.9 Å². The van der Waals surface area contributed by atoms with E-state index in [-0.39, 0.29) is 25.5 Å². The van der Waals surface area contributed by atoms with Crippen molar-refractivity contribution in [3.63, 3.8) is 0 Å². The van der Waals surface area contributed by atoms with Gasteiger partial charge < -0.3 is 14.6 Å². The molecule has 162 valence electrons. The summed E-state index contributed by atoms with van der Waals surface area (Å²) in [7, 11) is 1.59. The minimum Gasteiger partial charge on any atom is -0.494 e. The van der Waals surface area contributed by atoms with E-state index in [9.17, 15) is 4.79 Å². The molecule has 0 bridgehead atoms. The molecule has 0 unspecified atom stereocenters. The molecule has 1 atom stereocenters. The first-order valence-electron chi connectivity index (χ1n) is 9.79. The fourth-order valence-corrected chi connectivity index (χ4v) is 3.18. The number of hydrogen-bond donors (Lipinski definition) is 3. The summed E-state index contributed by atoms with van der Waals surface area (Å²) in [5.41, 5.74) is 14.7. The van der Waals surface area contributed by atoms with E-state index in [2.05, 4.69) is 25.9 Å². The molecule has 10 heteroatoms. The SMILES string of the molecule is CNNC(=O)[C@]1(Cc2ccccc2N=[N+]=[N-])COC(c2ccc(OCCCO)cc2)=N1. The Morgan fingerprint density at radius 2 is 2.10 bits per heavy atom. The third kappa shape index (κ3) is 5.32. The number of amides is 1. The highest BCUT2D eigenvalue weighted by atomic mass is 16.5. The quantitative estimate of drug-likeness (QED) is 0.177. The van der Waals surface area contributed by atoms with E-state index >= 15 is 0 Å². The average molecular weight is 424 g/mol. The van der Waals surface area contributed by atoms with E-state index in [4.69, 9.17) is 20.1 Å². The van der Waals surface area contributed by atoms with Crippen LogP contribution >= 0.6 is 0 Å². The van der Waals surface area contributed by atoms with Gasteiger partial charge in [0.05, 0.1) is 6.61 Å². The number of hydrazine groups is 1. The van der Waals surface area contributed by atoms with Crippen LogP contribution in [-0.4, -0.2) is 49.3 Å². The zero-order valence-corrected chi connectivity index (χ0v) is 17.1. The van der Waals surface area contributed by atoms with Gasteiger partial charge in [0, 0.05) is 42.7 Å². The first-order chi connectivity index (χ1) is 15.1. The first kappa shape index (κ1) is 22.1. The van der Waals surface area contributed by atoms with Crippen molar-refractivity contribution in [2.24, 2.45) is 10.1 Å². The maximum Gasteiger partial charge on any atom is 0.266 e. The lowest BCUT2D eigenvalue weighted by Gasteiger charge is -2.23. The van der Waals surface area contributed by atoms with Crippen LogP contribution in [0.4, 0.5) is 5.69 Å². The van der Waals surface area contributed by atoms with Gasteiger partial charge in [0.2, 0.25) is 5.90 Å². The van der Waals surface area contributed by atoms with E-state index < -0.39 is 5.54 Å². The predicted molar refractivity (Wildman–Crippen MR) is 115 cm³/mol. The number of nitrogens with zero attached hydrogens (tertiary/aromatic N) is 4. The Balaban J connectivity index is 1.88. The molecule has 0 saturated carbocycles. The van der Waals surface area contributed by atoms with Crippen molar-refractivity contribution < 1.29 is 19.4 Å². The summed E-state index contributed by atoms with van der Waals surface area (Å²) >= 11 is 0. The molecule has 0 aliphatic carbocycles. The average Bonchev–Trinajstić information content (AvgIpc) is 3.22. The Kier molecular flexibility index (Phi) is 7.45. The largest absolute Gasteiger partial charge is 0.494 e. The van der Waals surface area contributed by atoms with E-state index in [0.717, 1.165) is 0 Å². The highest BCUT2D eigenvalue weighted by Crippen LogP contribution is 2.31. The summed E-state index contributed by atoms with van der Waals surface area (Å²) in [4.78, 5) is 20.4. The molecular weight excluding hydrogens is 400 g/mol. The molecule has 1 amide bonds. The molecule has 1 heterocycles. The van der Waals surface area contributed by atoms with Crippen LogP contribution in [0.5, 0.6) is 5.75 Å². The number of aliphatic hydroxyl groups excluding tert-OH is 1. The van der Waals surface area contributed by atoms with E-state index in [1.165, 1.54) is 0 Å². The van der Waals surface area contributed by atoms with Gasteiger partial charge in [0.25, 0.3) is 5.91 Å². The van der Waals surface area contributed by atoms with Gasteiger partial charge in [-0.25, -0.2) is 10.4 Å². The maximum atomic E-state index is 12.9. The van der Waals surface area contributed by atoms with Crippen molar-refractivity contribution in [3.05, 3.63) is 70.1 Å². The molecule has 1 aliphatic rings. The fourth-order valence-electron chi connectivity index (χ4n) is 3.18.